The van der Waals surface area contributed by atoms with Gasteiger partial charge in [0.25, 0.3) is 0 Å². The molecule has 0 radical (unpaired) electrons. The van der Waals surface area contributed by atoms with Crippen LogP contribution in [0.5, 0.6) is 0 Å². The molecular formula is C17H33NO. The molecule has 4 atom stereocenters. The number of rotatable bonds is 6. The summed E-state index contributed by atoms with van der Waals surface area (Å²) in [6.07, 6.45) is 11.5. The van der Waals surface area contributed by atoms with Gasteiger partial charge in [-0.1, -0.05) is 40.0 Å². The zero-order valence-corrected chi connectivity index (χ0v) is 13.4. The van der Waals surface area contributed by atoms with Gasteiger partial charge in [0.05, 0.1) is 12.2 Å². The van der Waals surface area contributed by atoms with Crippen LogP contribution in [0.15, 0.2) is 0 Å². The van der Waals surface area contributed by atoms with Crippen LogP contribution in [-0.2, 0) is 4.74 Å². The van der Waals surface area contributed by atoms with E-state index in [1.54, 1.807) is 0 Å². The van der Waals surface area contributed by atoms with Crippen molar-refractivity contribution in [1.82, 2.24) is 5.32 Å². The maximum absolute atomic E-state index is 6.62. The van der Waals surface area contributed by atoms with Crippen LogP contribution in [0.1, 0.15) is 72.1 Å². The molecule has 2 fully saturated rings. The van der Waals surface area contributed by atoms with Crippen LogP contribution < -0.4 is 5.32 Å². The highest BCUT2D eigenvalue weighted by Crippen LogP contribution is 2.50. The molecule has 0 aromatic rings. The quantitative estimate of drug-likeness (QED) is 0.781. The average Bonchev–Trinajstić information content (AvgIpc) is 2.45. The van der Waals surface area contributed by atoms with Gasteiger partial charge < -0.3 is 10.1 Å². The fourth-order valence-electron chi connectivity index (χ4n) is 4.57. The van der Waals surface area contributed by atoms with E-state index in [9.17, 15) is 0 Å². The van der Waals surface area contributed by atoms with Crippen molar-refractivity contribution >= 4 is 0 Å². The molecule has 2 nitrogen and oxygen atoms in total. The Hall–Kier alpha value is -0.0800. The third-order valence-electron chi connectivity index (χ3n) is 6.15. The Morgan fingerprint density at radius 2 is 1.79 bits per heavy atom. The summed E-state index contributed by atoms with van der Waals surface area (Å²) in [5, 5.41) is 3.51. The first kappa shape index (κ1) is 15.3. The monoisotopic (exact) mass is 267 g/mol. The highest BCUT2D eigenvalue weighted by atomic mass is 16.5. The largest absolute Gasteiger partial charge is 0.374 e. The molecule has 0 heterocycles. The maximum Gasteiger partial charge on any atom is 0.0664 e. The molecule has 0 saturated heterocycles. The fourth-order valence-corrected chi connectivity index (χ4v) is 4.57. The zero-order valence-electron chi connectivity index (χ0n) is 13.4. The summed E-state index contributed by atoms with van der Waals surface area (Å²) in [6.45, 7) is 7.00. The summed E-state index contributed by atoms with van der Waals surface area (Å²) in [6, 6.07) is 0.663. The van der Waals surface area contributed by atoms with Gasteiger partial charge in [-0.05, 0) is 45.1 Å². The second kappa shape index (κ2) is 6.58. The molecule has 2 aliphatic carbocycles. The maximum atomic E-state index is 6.62. The third-order valence-corrected chi connectivity index (χ3v) is 6.15. The van der Waals surface area contributed by atoms with Crippen LogP contribution in [0.3, 0.4) is 0 Å². The van der Waals surface area contributed by atoms with Gasteiger partial charge in [-0.3, -0.25) is 0 Å². The summed E-state index contributed by atoms with van der Waals surface area (Å²) in [5.74, 6) is 0.814. The molecule has 0 aromatic carbocycles. The fraction of sp³-hybridized carbons (Fsp3) is 1.00. The van der Waals surface area contributed by atoms with E-state index in [1.807, 2.05) is 0 Å². The smallest absolute Gasteiger partial charge is 0.0664 e. The number of hydrogen-bond acceptors (Lipinski definition) is 2. The van der Waals surface area contributed by atoms with E-state index in [-0.39, 0.29) is 0 Å². The summed E-state index contributed by atoms with van der Waals surface area (Å²) in [5.41, 5.74) is 0.393. The van der Waals surface area contributed by atoms with Crippen LogP contribution in [0, 0.1) is 11.3 Å². The standard InChI is InChI=1S/C17H33NO/c1-5-13-10-8-9-11-14(13)19-16-12-15(18-4)17(16,6-2)7-3/h13-16,18H,5-12H2,1-4H3. The van der Waals surface area contributed by atoms with Crippen molar-refractivity contribution in [3.05, 3.63) is 0 Å². The molecule has 0 spiro atoms. The van der Waals surface area contributed by atoms with E-state index in [4.69, 9.17) is 4.74 Å². The van der Waals surface area contributed by atoms with E-state index in [2.05, 4.69) is 33.1 Å². The number of ether oxygens (including phenoxy) is 1. The van der Waals surface area contributed by atoms with E-state index in [0.717, 1.165) is 5.92 Å². The molecule has 0 bridgehead atoms. The van der Waals surface area contributed by atoms with Gasteiger partial charge >= 0.3 is 0 Å². The van der Waals surface area contributed by atoms with Crippen LogP contribution in [0.25, 0.3) is 0 Å². The highest BCUT2D eigenvalue weighted by molar-refractivity contribution is 5.06. The first-order valence-electron chi connectivity index (χ1n) is 8.54. The van der Waals surface area contributed by atoms with Crippen LogP contribution >= 0.6 is 0 Å². The topological polar surface area (TPSA) is 21.3 Å². The van der Waals surface area contributed by atoms with Crippen molar-refractivity contribution in [2.45, 2.75) is 90.4 Å². The van der Waals surface area contributed by atoms with Gasteiger partial charge in [-0.2, -0.15) is 0 Å². The predicted molar refractivity (Wildman–Crippen MR) is 81.4 cm³/mol. The molecule has 2 saturated carbocycles. The number of hydrogen-bond donors (Lipinski definition) is 1. The molecule has 0 aliphatic heterocycles. The van der Waals surface area contributed by atoms with Gasteiger partial charge in [0, 0.05) is 11.5 Å². The van der Waals surface area contributed by atoms with Crippen molar-refractivity contribution in [2.24, 2.45) is 11.3 Å². The Bertz CT molecular complexity index is 274. The number of nitrogens with one attached hydrogen (secondary N) is 1. The van der Waals surface area contributed by atoms with E-state index in [1.165, 1.54) is 51.4 Å². The van der Waals surface area contributed by atoms with Crippen LogP contribution in [0.4, 0.5) is 0 Å². The normalized spacial score (nSPS) is 37.9. The summed E-state index contributed by atoms with van der Waals surface area (Å²) < 4.78 is 6.62. The lowest BCUT2D eigenvalue weighted by molar-refractivity contribution is -0.182. The molecule has 19 heavy (non-hydrogen) atoms. The SMILES string of the molecule is CCC1CCCCC1OC1CC(NC)C1(CC)CC. The lowest BCUT2D eigenvalue weighted by Crippen LogP contribution is -2.63. The Balaban J connectivity index is 1.98. The van der Waals surface area contributed by atoms with Gasteiger partial charge in [-0.25, -0.2) is 0 Å². The van der Waals surface area contributed by atoms with Gasteiger partial charge in [-0.15, -0.1) is 0 Å². The van der Waals surface area contributed by atoms with Gasteiger partial charge in [0.15, 0.2) is 0 Å². The minimum atomic E-state index is 0.393. The Kier molecular flexibility index (Phi) is 5.30. The molecule has 2 heteroatoms. The molecule has 2 aliphatic rings. The Labute approximate surface area is 119 Å². The van der Waals surface area contributed by atoms with Crippen molar-refractivity contribution in [1.29, 1.82) is 0 Å². The van der Waals surface area contributed by atoms with Crippen molar-refractivity contribution in [2.75, 3.05) is 7.05 Å². The summed E-state index contributed by atoms with van der Waals surface area (Å²) >= 11 is 0. The summed E-state index contributed by atoms with van der Waals surface area (Å²) in [7, 11) is 2.11. The van der Waals surface area contributed by atoms with Crippen LogP contribution in [0.2, 0.25) is 0 Å². The molecular weight excluding hydrogens is 234 g/mol. The van der Waals surface area contributed by atoms with E-state index in [0.29, 0.717) is 23.7 Å². The molecule has 112 valence electrons. The minimum Gasteiger partial charge on any atom is -0.374 e. The second-order valence-electron chi connectivity index (χ2n) is 6.63. The first-order valence-corrected chi connectivity index (χ1v) is 8.54. The Morgan fingerprint density at radius 1 is 1.11 bits per heavy atom. The second-order valence-corrected chi connectivity index (χ2v) is 6.63. The average molecular weight is 267 g/mol. The van der Waals surface area contributed by atoms with Gasteiger partial charge in [0.1, 0.15) is 0 Å². The van der Waals surface area contributed by atoms with Crippen molar-refractivity contribution in [3.8, 4) is 0 Å². The predicted octanol–water partition coefficient (Wildman–Crippen LogP) is 4.14. The van der Waals surface area contributed by atoms with E-state index >= 15 is 0 Å². The van der Waals surface area contributed by atoms with Crippen LogP contribution in [-0.4, -0.2) is 25.3 Å². The lowest BCUT2D eigenvalue weighted by Gasteiger charge is -2.56. The molecule has 4 unspecified atom stereocenters. The minimum absolute atomic E-state index is 0.393. The van der Waals surface area contributed by atoms with Crippen molar-refractivity contribution < 1.29 is 4.74 Å². The molecule has 0 aromatic heterocycles. The van der Waals surface area contributed by atoms with E-state index < -0.39 is 0 Å². The van der Waals surface area contributed by atoms with Crippen molar-refractivity contribution in [3.63, 3.8) is 0 Å². The molecule has 1 N–H and O–H groups in total. The lowest BCUT2D eigenvalue weighted by atomic mass is 9.58. The molecule has 0 amide bonds. The highest BCUT2D eigenvalue weighted by Gasteiger charge is 2.53. The zero-order chi connectivity index (χ0) is 13.9. The third kappa shape index (κ3) is 2.71. The van der Waals surface area contributed by atoms with Gasteiger partial charge in [0.2, 0.25) is 0 Å². The summed E-state index contributed by atoms with van der Waals surface area (Å²) in [4.78, 5) is 0. The first-order chi connectivity index (χ1) is 9.21. The molecule has 2 rings (SSSR count). The Morgan fingerprint density at radius 3 is 2.37 bits per heavy atom.